The molecule has 1 aliphatic rings. The maximum atomic E-state index is 13.1. The van der Waals surface area contributed by atoms with Gasteiger partial charge in [0.15, 0.2) is 11.5 Å². The van der Waals surface area contributed by atoms with Gasteiger partial charge < -0.3 is 14.6 Å². The summed E-state index contributed by atoms with van der Waals surface area (Å²) in [6.07, 6.45) is 1.19. The maximum Gasteiger partial charge on any atom is 0.335 e. The van der Waals surface area contributed by atoms with Gasteiger partial charge in [0.05, 0.1) is 28.3 Å². The van der Waals surface area contributed by atoms with Gasteiger partial charge in [0.2, 0.25) is 0 Å². The van der Waals surface area contributed by atoms with Gasteiger partial charge >= 0.3 is 12.0 Å². The number of nitrogens with one attached hydrogen (secondary N) is 1. The van der Waals surface area contributed by atoms with Crippen molar-refractivity contribution < 1.29 is 38.7 Å². The quantitative estimate of drug-likeness (QED) is 0.180. The first-order chi connectivity index (χ1) is 18.6. The Kier molecular flexibility index (Phi) is 7.58. The molecule has 0 saturated carbocycles. The first-order valence-electron chi connectivity index (χ1n) is 11.1. The number of hydrogen-bond donors (Lipinski definition) is 2. The number of amides is 4. The first-order valence-corrected chi connectivity index (χ1v) is 11.5. The number of nitrogens with zero attached hydrogens (tertiary/aromatic N) is 2. The molecule has 0 unspecified atom stereocenters. The van der Waals surface area contributed by atoms with E-state index in [1.807, 2.05) is 5.32 Å². The Balaban J connectivity index is 1.62. The number of halogens is 1. The fraction of sp³-hybridized carbons (Fsp3) is 0.0769. The minimum Gasteiger partial charge on any atom is -0.493 e. The van der Waals surface area contributed by atoms with Crippen LogP contribution in [0.4, 0.5) is 16.2 Å². The number of methoxy groups -OCH3 is 1. The van der Waals surface area contributed by atoms with Gasteiger partial charge in [0.25, 0.3) is 17.5 Å². The van der Waals surface area contributed by atoms with Gasteiger partial charge in [-0.2, -0.15) is 0 Å². The third-order valence-corrected chi connectivity index (χ3v) is 5.83. The van der Waals surface area contributed by atoms with Crippen molar-refractivity contribution in [1.82, 2.24) is 5.32 Å². The number of barbiturate groups is 1. The summed E-state index contributed by atoms with van der Waals surface area (Å²) < 4.78 is 11.1. The predicted molar refractivity (Wildman–Crippen MR) is 138 cm³/mol. The molecule has 1 saturated heterocycles. The Morgan fingerprint density at radius 2 is 1.85 bits per heavy atom. The molecule has 1 heterocycles. The number of urea groups is 1. The number of carbonyl (C=O) groups excluding carboxylic acids is 3. The lowest BCUT2D eigenvalue weighted by Gasteiger charge is -2.26. The highest BCUT2D eigenvalue weighted by atomic mass is 35.5. The molecule has 0 bridgehead atoms. The zero-order chi connectivity index (χ0) is 28.3. The van der Waals surface area contributed by atoms with E-state index in [0.717, 1.165) is 6.07 Å². The first kappa shape index (κ1) is 26.8. The smallest absolute Gasteiger partial charge is 0.335 e. The van der Waals surface area contributed by atoms with E-state index in [9.17, 15) is 29.3 Å². The lowest BCUT2D eigenvalue weighted by Crippen LogP contribution is -2.54. The van der Waals surface area contributed by atoms with E-state index in [-0.39, 0.29) is 45.6 Å². The van der Waals surface area contributed by atoms with Crippen LogP contribution in [0.1, 0.15) is 21.5 Å². The number of non-ortho nitro benzene ring substituents is 1. The molecule has 39 heavy (non-hydrogen) atoms. The summed E-state index contributed by atoms with van der Waals surface area (Å²) in [4.78, 5) is 60.2. The molecule has 3 aromatic carbocycles. The normalized spacial score (nSPS) is 14.3. The molecule has 0 spiro atoms. The fourth-order valence-corrected chi connectivity index (χ4v) is 3.94. The highest BCUT2D eigenvalue weighted by Crippen LogP contribution is 2.38. The second kappa shape index (κ2) is 11.0. The molecular weight excluding hydrogens is 534 g/mol. The number of carboxylic acids is 1. The van der Waals surface area contributed by atoms with Crippen LogP contribution in [0.3, 0.4) is 0 Å². The lowest BCUT2D eigenvalue weighted by molar-refractivity contribution is -0.384. The zero-order valence-electron chi connectivity index (χ0n) is 20.0. The van der Waals surface area contributed by atoms with Crippen LogP contribution in [0.5, 0.6) is 11.5 Å². The number of carbonyl (C=O) groups is 4. The van der Waals surface area contributed by atoms with Crippen molar-refractivity contribution in [3.05, 3.63) is 98.1 Å². The number of benzene rings is 3. The zero-order valence-corrected chi connectivity index (χ0v) is 20.8. The largest absolute Gasteiger partial charge is 0.493 e. The van der Waals surface area contributed by atoms with Gasteiger partial charge in [-0.1, -0.05) is 29.8 Å². The van der Waals surface area contributed by atoms with Gasteiger partial charge in [0.1, 0.15) is 12.2 Å². The predicted octanol–water partition coefficient (Wildman–Crippen LogP) is 4.20. The Morgan fingerprint density at radius 3 is 2.49 bits per heavy atom. The molecule has 0 atom stereocenters. The Morgan fingerprint density at radius 1 is 1.13 bits per heavy atom. The molecule has 4 rings (SSSR count). The second-order valence-corrected chi connectivity index (χ2v) is 8.47. The number of carboxylic acid groups (broad SMARTS) is 1. The molecule has 13 heteroatoms. The average Bonchev–Trinajstić information content (AvgIpc) is 2.90. The van der Waals surface area contributed by atoms with Crippen LogP contribution in [0.15, 0.2) is 66.2 Å². The summed E-state index contributed by atoms with van der Waals surface area (Å²) in [5.41, 5.74) is 0.188. The van der Waals surface area contributed by atoms with E-state index in [1.54, 1.807) is 12.1 Å². The Labute approximate surface area is 225 Å². The molecule has 0 radical (unpaired) electrons. The van der Waals surface area contributed by atoms with Crippen molar-refractivity contribution in [2.45, 2.75) is 6.61 Å². The molecule has 1 fully saturated rings. The third-order valence-electron chi connectivity index (χ3n) is 5.55. The van der Waals surface area contributed by atoms with Gasteiger partial charge in [-0.15, -0.1) is 0 Å². The highest BCUT2D eigenvalue weighted by molar-refractivity contribution is 6.39. The van der Waals surface area contributed by atoms with E-state index in [1.165, 1.54) is 55.7 Å². The van der Waals surface area contributed by atoms with Crippen molar-refractivity contribution in [3.8, 4) is 11.5 Å². The molecule has 1 aliphatic heterocycles. The van der Waals surface area contributed by atoms with Gasteiger partial charge in [0, 0.05) is 12.1 Å². The summed E-state index contributed by atoms with van der Waals surface area (Å²) in [6.45, 7) is 0.0393. The number of anilines is 1. The van der Waals surface area contributed by atoms with Crippen molar-refractivity contribution in [1.29, 1.82) is 0 Å². The number of ether oxygens (including phenoxy) is 2. The summed E-state index contributed by atoms with van der Waals surface area (Å²) in [7, 11) is 1.36. The molecule has 0 aliphatic carbocycles. The van der Waals surface area contributed by atoms with Crippen molar-refractivity contribution in [2.24, 2.45) is 0 Å². The standard InChI is InChI=1S/C26H18ClN3O9/c1-38-21-11-15(10-20(27)22(21)39-13-14-5-7-16(8-6-14)25(33)34)9-19-23(31)28-26(35)29(24(19)32)17-3-2-4-18(12-17)30(36)37/h2-12H,13H2,1H3,(H,33,34)(H,28,31,35)/b19-9+. The minimum absolute atomic E-state index is 0.0393. The lowest BCUT2D eigenvalue weighted by atomic mass is 10.1. The summed E-state index contributed by atoms with van der Waals surface area (Å²) in [5, 5.41) is 22.3. The van der Waals surface area contributed by atoms with Crippen molar-refractivity contribution >= 4 is 52.9 Å². The van der Waals surface area contributed by atoms with E-state index < -0.39 is 34.3 Å². The molecule has 12 nitrogen and oxygen atoms in total. The summed E-state index contributed by atoms with van der Waals surface area (Å²) in [5.74, 6) is -2.68. The highest BCUT2D eigenvalue weighted by Gasteiger charge is 2.37. The van der Waals surface area contributed by atoms with E-state index in [2.05, 4.69) is 0 Å². The van der Waals surface area contributed by atoms with Crippen LogP contribution in [-0.2, 0) is 16.2 Å². The number of nitro benzene ring substituents is 1. The molecule has 2 N–H and O–H groups in total. The van der Waals surface area contributed by atoms with E-state index in [0.29, 0.717) is 10.5 Å². The maximum absolute atomic E-state index is 13.1. The topological polar surface area (TPSA) is 165 Å². The number of rotatable bonds is 8. The minimum atomic E-state index is -1.06. The SMILES string of the molecule is COc1cc(/C=C2\C(=O)NC(=O)N(c3cccc([N+](=O)[O-])c3)C2=O)cc(Cl)c1OCc1ccc(C(=O)O)cc1. The van der Waals surface area contributed by atoms with Crippen LogP contribution in [-0.4, -0.2) is 41.0 Å². The fourth-order valence-electron chi connectivity index (χ4n) is 3.67. The monoisotopic (exact) mass is 551 g/mol. The van der Waals surface area contributed by atoms with Crippen LogP contribution in [0.2, 0.25) is 5.02 Å². The average molecular weight is 552 g/mol. The van der Waals surface area contributed by atoms with Crippen LogP contribution in [0, 0.1) is 10.1 Å². The second-order valence-electron chi connectivity index (χ2n) is 8.06. The number of imide groups is 2. The van der Waals surface area contributed by atoms with Crippen molar-refractivity contribution in [2.75, 3.05) is 12.0 Å². The molecule has 198 valence electrons. The molecule has 4 amide bonds. The summed E-state index contributed by atoms with van der Waals surface area (Å²) >= 11 is 6.41. The third kappa shape index (κ3) is 5.70. The Bertz CT molecular complexity index is 1550. The van der Waals surface area contributed by atoms with Gasteiger partial charge in [-0.25, -0.2) is 14.5 Å². The molecule has 3 aromatic rings. The Hall–Kier alpha value is -5.23. The van der Waals surface area contributed by atoms with Gasteiger partial charge in [-0.05, 0) is 47.5 Å². The van der Waals surface area contributed by atoms with Crippen molar-refractivity contribution in [3.63, 3.8) is 0 Å². The van der Waals surface area contributed by atoms with Crippen LogP contribution < -0.4 is 19.7 Å². The van der Waals surface area contributed by atoms with Crippen LogP contribution in [0.25, 0.3) is 6.08 Å². The molecule has 0 aromatic heterocycles. The number of hydrogen-bond acceptors (Lipinski definition) is 8. The molecular formula is C26H18ClN3O9. The van der Waals surface area contributed by atoms with Gasteiger partial charge in [-0.3, -0.25) is 25.0 Å². The summed E-state index contributed by atoms with van der Waals surface area (Å²) in [6, 6.07) is 12.7. The number of nitro groups is 1. The number of aromatic carboxylic acids is 1. The van der Waals surface area contributed by atoms with E-state index in [4.69, 9.17) is 26.2 Å². The van der Waals surface area contributed by atoms with Crippen LogP contribution >= 0.6 is 11.6 Å². The van der Waals surface area contributed by atoms with E-state index >= 15 is 0 Å².